The largest absolute Gasteiger partial charge is 0.213 e. The van der Waals surface area contributed by atoms with Crippen molar-refractivity contribution < 1.29 is 5.94 Å². The molecule has 1 aliphatic rings. The van der Waals surface area contributed by atoms with Gasteiger partial charge in [-0.05, 0) is 54.0 Å². The fourth-order valence-electron chi connectivity index (χ4n) is 3.89. The van der Waals surface area contributed by atoms with E-state index in [4.69, 9.17) is 1.37 Å². The van der Waals surface area contributed by atoms with E-state index in [0.29, 0.717) is 0 Å². The van der Waals surface area contributed by atoms with Crippen LogP contribution in [0.3, 0.4) is 0 Å². The van der Waals surface area contributed by atoms with E-state index in [1.807, 2.05) is 0 Å². The number of aryl methyl sites for hydroxylation is 2. The normalized spacial score (nSPS) is 16.6. The topological polar surface area (TPSA) is 3.88 Å². The highest BCUT2D eigenvalue weighted by atomic mass is 14.9. The molecule has 126 valence electrons. The van der Waals surface area contributed by atoms with Crippen LogP contribution < -0.4 is 4.57 Å². The second-order valence-electron chi connectivity index (χ2n) is 7.12. The van der Waals surface area contributed by atoms with E-state index in [0.717, 1.165) is 18.4 Å². The monoisotopic (exact) mass is 329 g/mol. The molecule has 25 heavy (non-hydrogen) atoms. The standard InChI is InChI=1S/C24H26N/c1-18-8-3-6-13-23(18)24-17-22(14-15-25(24)2)21-12-7-11-20(16-21)19-9-4-5-10-19/h3,6-8,11-17,19H,4-5,9-10H2,1-2H3/q+1/i19D. The molecule has 2 aromatic carbocycles. The highest BCUT2D eigenvalue weighted by molar-refractivity contribution is 5.70. The molecule has 1 heterocycles. The number of hydrogen-bond acceptors (Lipinski definition) is 0. The summed E-state index contributed by atoms with van der Waals surface area (Å²) >= 11 is 0. The van der Waals surface area contributed by atoms with Crippen LogP contribution in [0.4, 0.5) is 0 Å². The smallest absolute Gasteiger partial charge is 0.201 e. The van der Waals surface area contributed by atoms with E-state index in [-0.39, 0.29) is 0 Å². The average molecular weight is 329 g/mol. The molecule has 0 N–H and O–H groups in total. The van der Waals surface area contributed by atoms with Gasteiger partial charge in [0.15, 0.2) is 6.20 Å². The van der Waals surface area contributed by atoms with Crippen LogP contribution in [-0.4, -0.2) is 0 Å². The minimum absolute atomic E-state index is 0.395. The zero-order valence-electron chi connectivity index (χ0n) is 16.1. The van der Waals surface area contributed by atoms with E-state index >= 15 is 0 Å². The molecule has 0 amide bonds. The summed E-state index contributed by atoms with van der Waals surface area (Å²) in [5.74, 6) is -0.395. The van der Waals surface area contributed by atoms with Crippen LogP contribution in [0, 0.1) is 6.92 Å². The second kappa shape index (κ2) is 6.84. The number of pyridine rings is 1. The third-order valence-corrected chi connectivity index (χ3v) is 5.38. The lowest BCUT2D eigenvalue weighted by Gasteiger charge is -2.12. The highest BCUT2D eigenvalue weighted by Crippen LogP contribution is 2.36. The third-order valence-electron chi connectivity index (χ3n) is 5.38. The Labute approximate surface area is 152 Å². The Balaban J connectivity index is 1.78. The van der Waals surface area contributed by atoms with Gasteiger partial charge in [-0.2, -0.15) is 0 Å². The van der Waals surface area contributed by atoms with E-state index < -0.39 is 5.89 Å². The van der Waals surface area contributed by atoms with Crippen molar-refractivity contribution in [3.05, 3.63) is 78.0 Å². The fraction of sp³-hybridized carbons (Fsp3) is 0.292. The molecule has 0 saturated heterocycles. The Morgan fingerprint density at radius 2 is 1.68 bits per heavy atom. The lowest BCUT2D eigenvalue weighted by molar-refractivity contribution is -0.660. The van der Waals surface area contributed by atoms with Crippen LogP contribution in [0.25, 0.3) is 22.4 Å². The number of hydrogen-bond donors (Lipinski definition) is 0. The van der Waals surface area contributed by atoms with Crippen molar-refractivity contribution in [2.45, 2.75) is 38.5 Å². The minimum Gasteiger partial charge on any atom is -0.201 e. The Hall–Kier alpha value is -2.41. The molecule has 1 heteroatoms. The molecule has 1 nitrogen and oxygen atoms in total. The van der Waals surface area contributed by atoms with Gasteiger partial charge in [0.25, 0.3) is 0 Å². The van der Waals surface area contributed by atoms with Crippen molar-refractivity contribution in [3.8, 4) is 22.4 Å². The lowest BCUT2D eigenvalue weighted by atomic mass is 9.93. The number of rotatable bonds is 3. The van der Waals surface area contributed by atoms with E-state index in [1.54, 1.807) is 0 Å². The Bertz CT molecular complexity index is 938. The Kier molecular flexibility index (Phi) is 4.07. The molecule has 1 aromatic heterocycles. The van der Waals surface area contributed by atoms with Crippen LogP contribution in [0.15, 0.2) is 66.9 Å². The van der Waals surface area contributed by atoms with Crippen molar-refractivity contribution in [2.75, 3.05) is 0 Å². The number of benzene rings is 2. The number of nitrogens with zero attached hydrogens (tertiary/aromatic N) is 1. The maximum absolute atomic E-state index is 8.82. The van der Waals surface area contributed by atoms with E-state index in [1.165, 1.54) is 40.8 Å². The SMILES string of the molecule is [2H]C1(c2cccc(-c3cc[n+](C)c(-c4ccccc4C)c3)c2)CCCC1. The molecule has 0 unspecified atom stereocenters. The summed E-state index contributed by atoms with van der Waals surface area (Å²) in [5.41, 5.74) is 7.35. The van der Waals surface area contributed by atoms with Crippen molar-refractivity contribution in [3.63, 3.8) is 0 Å². The van der Waals surface area contributed by atoms with Crippen LogP contribution in [0.2, 0.25) is 0 Å². The van der Waals surface area contributed by atoms with Gasteiger partial charge in [0.05, 0.1) is 0 Å². The summed E-state index contributed by atoms with van der Waals surface area (Å²) in [6, 6.07) is 21.6. The first kappa shape index (κ1) is 14.9. The van der Waals surface area contributed by atoms with Gasteiger partial charge in [-0.15, -0.1) is 0 Å². The Morgan fingerprint density at radius 1 is 0.920 bits per heavy atom. The van der Waals surface area contributed by atoms with Gasteiger partial charge < -0.3 is 0 Å². The van der Waals surface area contributed by atoms with Crippen LogP contribution in [-0.2, 0) is 7.05 Å². The van der Waals surface area contributed by atoms with Crippen LogP contribution in [0.5, 0.6) is 0 Å². The predicted molar refractivity (Wildman–Crippen MR) is 104 cm³/mol. The molecule has 3 aromatic rings. The van der Waals surface area contributed by atoms with Crippen molar-refractivity contribution >= 4 is 0 Å². The summed E-state index contributed by atoms with van der Waals surface area (Å²) in [7, 11) is 2.10. The summed E-state index contributed by atoms with van der Waals surface area (Å²) < 4.78 is 11.0. The molecular formula is C24H26N+. The van der Waals surface area contributed by atoms with E-state index in [9.17, 15) is 0 Å². The second-order valence-corrected chi connectivity index (χ2v) is 7.12. The summed E-state index contributed by atoms with van der Waals surface area (Å²) in [4.78, 5) is 0. The zero-order valence-corrected chi connectivity index (χ0v) is 15.1. The molecule has 0 aliphatic heterocycles. The fourth-order valence-corrected chi connectivity index (χ4v) is 3.89. The van der Waals surface area contributed by atoms with Gasteiger partial charge in [-0.25, -0.2) is 4.57 Å². The van der Waals surface area contributed by atoms with Gasteiger partial charge in [0, 0.05) is 19.1 Å². The van der Waals surface area contributed by atoms with Crippen molar-refractivity contribution in [1.29, 1.82) is 0 Å². The van der Waals surface area contributed by atoms with Gasteiger partial charge in [-0.1, -0.05) is 55.3 Å². The summed E-state index contributed by atoms with van der Waals surface area (Å²) in [6.07, 6.45) is 6.44. The molecular weight excluding hydrogens is 302 g/mol. The molecule has 4 rings (SSSR count). The zero-order chi connectivity index (χ0) is 18.1. The average Bonchev–Trinajstić information content (AvgIpc) is 3.11. The Morgan fingerprint density at radius 3 is 2.48 bits per heavy atom. The van der Waals surface area contributed by atoms with Crippen molar-refractivity contribution in [2.24, 2.45) is 7.05 Å². The summed E-state index contributed by atoms with van der Waals surface area (Å²) in [5, 5.41) is 0. The first-order valence-corrected chi connectivity index (χ1v) is 9.23. The van der Waals surface area contributed by atoms with Gasteiger partial charge >= 0.3 is 0 Å². The van der Waals surface area contributed by atoms with Crippen LogP contribution in [0.1, 0.15) is 44.1 Å². The predicted octanol–water partition coefficient (Wildman–Crippen LogP) is 5.81. The minimum atomic E-state index is -0.395. The maximum atomic E-state index is 8.82. The van der Waals surface area contributed by atoms with Crippen LogP contribution >= 0.6 is 0 Å². The van der Waals surface area contributed by atoms with Gasteiger partial charge in [-0.3, -0.25) is 0 Å². The maximum Gasteiger partial charge on any atom is 0.213 e. The third kappa shape index (κ3) is 3.24. The lowest BCUT2D eigenvalue weighted by Crippen LogP contribution is -2.30. The van der Waals surface area contributed by atoms with Crippen molar-refractivity contribution in [1.82, 2.24) is 0 Å². The number of aromatic nitrogens is 1. The van der Waals surface area contributed by atoms with E-state index in [2.05, 4.69) is 85.4 Å². The first-order chi connectivity index (χ1) is 12.6. The molecule has 1 fully saturated rings. The molecule has 0 spiro atoms. The first-order valence-electron chi connectivity index (χ1n) is 9.73. The molecule has 1 aliphatic carbocycles. The van der Waals surface area contributed by atoms with Gasteiger partial charge in [0.1, 0.15) is 7.05 Å². The molecule has 0 radical (unpaired) electrons. The molecule has 0 bridgehead atoms. The quantitative estimate of drug-likeness (QED) is 0.534. The highest BCUT2D eigenvalue weighted by Gasteiger charge is 2.18. The molecule has 1 saturated carbocycles. The molecule has 0 atom stereocenters. The summed E-state index contributed by atoms with van der Waals surface area (Å²) in [6.45, 7) is 2.16. The van der Waals surface area contributed by atoms with Gasteiger partial charge in [0.2, 0.25) is 5.69 Å².